The number of anilines is 1. The lowest BCUT2D eigenvalue weighted by Crippen LogP contribution is -2.31. The summed E-state index contributed by atoms with van der Waals surface area (Å²) in [6.45, 7) is 8.67. The van der Waals surface area contributed by atoms with Gasteiger partial charge in [-0.3, -0.25) is 4.79 Å². The molecule has 0 N–H and O–H groups in total. The van der Waals surface area contributed by atoms with Crippen molar-refractivity contribution < 1.29 is 4.79 Å². The third-order valence-corrected chi connectivity index (χ3v) is 2.87. The van der Waals surface area contributed by atoms with Gasteiger partial charge in [0, 0.05) is 28.3 Å². The number of rotatable bonds is 5. The second kappa shape index (κ2) is 5.85. The zero-order valence-electron chi connectivity index (χ0n) is 9.61. The van der Waals surface area contributed by atoms with Gasteiger partial charge in [0.25, 0.3) is 0 Å². The number of hydrogen-bond donors (Lipinski definition) is 0. The molecule has 0 heterocycles. The normalized spacial score (nSPS) is 10.2. The molecule has 0 amide bonds. The van der Waals surface area contributed by atoms with Gasteiger partial charge in [0.05, 0.1) is 0 Å². The van der Waals surface area contributed by atoms with Crippen molar-refractivity contribution in [3.05, 3.63) is 40.9 Å². The van der Waals surface area contributed by atoms with E-state index in [9.17, 15) is 4.79 Å². The highest BCUT2D eigenvalue weighted by molar-refractivity contribution is 9.10. The minimum atomic E-state index is 0.331. The first kappa shape index (κ1) is 13.0. The Kier molecular flexibility index (Phi) is 4.74. The number of carbonyl (C=O) groups excluding carboxylic acids is 1. The summed E-state index contributed by atoms with van der Waals surface area (Å²) in [4.78, 5) is 13.2. The Morgan fingerprint density at radius 2 is 2.19 bits per heavy atom. The molecule has 0 fully saturated rings. The van der Waals surface area contributed by atoms with E-state index in [-0.39, 0.29) is 0 Å². The molecule has 0 saturated carbocycles. The smallest absolute Gasteiger partial charge is 0.152 e. The van der Waals surface area contributed by atoms with Crippen molar-refractivity contribution >= 4 is 27.9 Å². The molecule has 2 nitrogen and oxygen atoms in total. The molecule has 0 spiro atoms. The van der Waals surface area contributed by atoms with Crippen LogP contribution in [0, 0.1) is 0 Å². The molecule has 0 aliphatic heterocycles. The molecule has 1 rings (SSSR count). The number of benzene rings is 1. The van der Waals surface area contributed by atoms with Crippen LogP contribution in [0.4, 0.5) is 5.69 Å². The van der Waals surface area contributed by atoms with Gasteiger partial charge < -0.3 is 4.90 Å². The summed E-state index contributed by atoms with van der Waals surface area (Å²) in [6, 6.07) is 6.07. The van der Waals surface area contributed by atoms with Crippen LogP contribution in [0.15, 0.2) is 35.3 Å². The predicted octanol–water partition coefficient (Wildman–Crippen LogP) is 3.66. The van der Waals surface area contributed by atoms with Gasteiger partial charge >= 0.3 is 0 Å². The highest BCUT2D eigenvalue weighted by Gasteiger charge is 2.12. The summed E-state index contributed by atoms with van der Waals surface area (Å²) in [5, 5.41) is 0. The first-order valence-corrected chi connectivity index (χ1v) is 6.01. The Morgan fingerprint density at radius 3 is 2.69 bits per heavy atom. The highest BCUT2D eigenvalue weighted by Crippen LogP contribution is 2.24. The fourth-order valence-electron chi connectivity index (χ4n) is 1.61. The maximum Gasteiger partial charge on any atom is 0.152 e. The SMILES string of the molecule is C=CCN(c1ccc(Br)cc1C=O)C(C)C. The average molecular weight is 282 g/mol. The van der Waals surface area contributed by atoms with Crippen molar-refractivity contribution in [1.29, 1.82) is 0 Å². The average Bonchev–Trinajstić information content (AvgIpc) is 2.26. The van der Waals surface area contributed by atoms with Gasteiger partial charge in [0.1, 0.15) is 0 Å². The molecule has 0 unspecified atom stereocenters. The van der Waals surface area contributed by atoms with Crippen LogP contribution in [0.25, 0.3) is 0 Å². The van der Waals surface area contributed by atoms with Crippen LogP contribution in [0.3, 0.4) is 0 Å². The zero-order valence-corrected chi connectivity index (χ0v) is 11.2. The third-order valence-electron chi connectivity index (χ3n) is 2.38. The van der Waals surface area contributed by atoms with E-state index in [1.807, 2.05) is 24.3 Å². The molecule has 0 aliphatic rings. The molecule has 0 saturated heterocycles. The van der Waals surface area contributed by atoms with Crippen molar-refractivity contribution in [3.8, 4) is 0 Å². The Hall–Kier alpha value is -1.09. The van der Waals surface area contributed by atoms with E-state index >= 15 is 0 Å². The van der Waals surface area contributed by atoms with Gasteiger partial charge in [-0.05, 0) is 32.0 Å². The van der Waals surface area contributed by atoms with E-state index < -0.39 is 0 Å². The maximum absolute atomic E-state index is 11.0. The number of hydrogen-bond acceptors (Lipinski definition) is 2. The summed E-state index contributed by atoms with van der Waals surface area (Å²) in [6.07, 6.45) is 2.73. The lowest BCUT2D eigenvalue weighted by atomic mass is 10.1. The standard InChI is InChI=1S/C13H16BrNO/c1-4-7-15(10(2)3)13-6-5-12(14)8-11(13)9-16/h4-6,8-10H,1,7H2,2-3H3. The molecule has 3 heteroatoms. The Morgan fingerprint density at radius 1 is 1.50 bits per heavy atom. The third kappa shape index (κ3) is 2.95. The van der Waals surface area contributed by atoms with E-state index in [0.717, 1.165) is 23.0 Å². The van der Waals surface area contributed by atoms with Crippen molar-refractivity contribution in [3.63, 3.8) is 0 Å². The number of aldehydes is 1. The van der Waals surface area contributed by atoms with Gasteiger partial charge in [0.15, 0.2) is 6.29 Å². The van der Waals surface area contributed by atoms with Crippen LogP contribution >= 0.6 is 15.9 Å². The van der Waals surface area contributed by atoms with Gasteiger partial charge in [-0.2, -0.15) is 0 Å². The Bertz CT molecular complexity index is 388. The molecule has 0 radical (unpaired) electrons. The van der Waals surface area contributed by atoms with Crippen molar-refractivity contribution in [1.82, 2.24) is 0 Å². The van der Waals surface area contributed by atoms with Crippen LogP contribution < -0.4 is 4.90 Å². The van der Waals surface area contributed by atoms with Crippen molar-refractivity contribution in [2.24, 2.45) is 0 Å². The molecule has 0 atom stereocenters. The lowest BCUT2D eigenvalue weighted by molar-refractivity contribution is 0.112. The van der Waals surface area contributed by atoms with E-state index in [0.29, 0.717) is 11.6 Å². The molecule has 0 aliphatic carbocycles. The van der Waals surface area contributed by atoms with Gasteiger partial charge in [-0.25, -0.2) is 0 Å². The monoisotopic (exact) mass is 281 g/mol. The second-order valence-corrected chi connectivity index (χ2v) is 4.77. The minimum Gasteiger partial charge on any atom is -0.365 e. The molecule has 1 aromatic rings. The minimum absolute atomic E-state index is 0.331. The van der Waals surface area contributed by atoms with E-state index in [1.165, 1.54) is 0 Å². The fraction of sp³-hybridized carbons (Fsp3) is 0.308. The van der Waals surface area contributed by atoms with Crippen LogP contribution in [0.1, 0.15) is 24.2 Å². The number of nitrogens with zero attached hydrogens (tertiary/aromatic N) is 1. The van der Waals surface area contributed by atoms with E-state index in [2.05, 4.69) is 41.3 Å². The van der Waals surface area contributed by atoms with E-state index in [4.69, 9.17) is 0 Å². The van der Waals surface area contributed by atoms with Crippen LogP contribution in [0.5, 0.6) is 0 Å². The molecule has 86 valence electrons. The summed E-state index contributed by atoms with van der Waals surface area (Å²) < 4.78 is 0.917. The van der Waals surface area contributed by atoms with Gasteiger partial charge in [-0.1, -0.05) is 22.0 Å². The highest BCUT2D eigenvalue weighted by atomic mass is 79.9. The molecular weight excluding hydrogens is 266 g/mol. The first-order chi connectivity index (χ1) is 7.60. The van der Waals surface area contributed by atoms with Crippen molar-refractivity contribution in [2.75, 3.05) is 11.4 Å². The predicted molar refractivity (Wildman–Crippen MR) is 72.2 cm³/mol. The van der Waals surface area contributed by atoms with Crippen LogP contribution in [-0.2, 0) is 0 Å². The fourth-order valence-corrected chi connectivity index (χ4v) is 1.99. The summed E-state index contributed by atoms with van der Waals surface area (Å²) in [7, 11) is 0. The Balaban J connectivity index is 3.17. The number of halogens is 1. The maximum atomic E-state index is 11.0. The molecular formula is C13H16BrNO. The first-order valence-electron chi connectivity index (χ1n) is 5.22. The summed E-state index contributed by atoms with van der Waals surface area (Å²) in [5.74, 6) is 0. The van der Waals surface area contributed by atoms with Crippen LogP contribution in [0.2, 0.25) is 0 Å². The zero-order chi connectivity index (χ0) is 12.1. The second-order valence-electron chi connectivity index (χ2n) is 3.86. The Labute approximate surface area is 105 Å². The molecule has 16 heavy (non-hydrogen) atoms. The van der Waals surface area contributed by atoms with Crippen molar-refractivity contribution in [2.45, 2.75) is 19.9 Å². The summed E-state index contributed by atoms with van der Waals surface area (Å²) >= 11 is 3.36. The van der Waals surface area contributed by atoms with E-state index in [1.54, 1.807) is 0 Å². The lowest BCUT2D eigenvalue weighted by Gasteiger charge is -2.28. The number of carbonyl (C=O) groups is 1. The van der Waals surface area contributed by atoms with Crippen LogP contribution in [-0.4, -0.2) is 18.9 Å². The summed E-state index contributed by atoms with van der Waals surface area (Å²) in [5.41, 5.74) is 1.65. The van der Waals surface area contributed by atoms with Gasteiger partial charge in [0.2, 0.25) is 0 Å². The molecule has 1 aromatic carbocycles. The van der Waals surface area contributed by atoms with Gasteiger partial charge in [-0.15, -0.1) is 6.58 Å². The molecule has 0 aromatic heterocycles. The largest absolute Gasteiger partial charge is 0.365 e. The quantitative estimate of drug-likeness (QED) is 0.606. The molecule has 0 bridgehead atoms. The topological polar surface area (TPSA) is 20.3 Å².